The molecule has 2 fully saturated rings. The molecule has 4 heteroatoms. The van der Waals surface area contributed by atoms with Crippen molar-refractivity contribution in [1.82, 2.24) is 10.2 Å². The summed E-state index contributed by atoms with van der Waals surface area (Å²) < 4.78 is 0. The lowest BCUT2D eigenvalue weighted by atomic mass is 10.0. The molecule has 0 aromatic heterocycles. The fourth-order valence-electron chi connectivity index (χ4n) is 3.28. The third-order valence-electron chi connectivity index (χ3n) is 4.57. The molecule has 1 aliphatic heterocycles. The van der Waals surface area contributed by atoms with Crippen molar-refractivity contribution in [3.8, 4) is 0 Å². The monoisotopic (exact) mass is 266 g/mol. The van der Waals surface area contributed by atoms with Crippen LogP contribution in [0.5, 0.6) is 0 Å². The lowest BCUT2D eigenvalue weighted by molar-refractivity contribution is -0.135. The van der Waals surface area contributed by atoms with Crippen molar-refractivity contribution in [1.29, 1.82) is 0 Å². The quantitative estimate of drug-likeness (QED) is 0.778. The summed E-state index contributed by atoms with van der Waals surface area (Å²) >= 11 is 0. The molecule has 3 atom stereocenters. The molecule has 4 nitrogen and oxygen atoms in total. The van der Waals surface area contributed by atoms with Crippen LogP contribution in [0.25, 0.3) is 0 Å². The highest BCUT2D eigenvalue weighted by molar-refractivity contribution is 5.90. The molecule has 0 aromatic rings. The van der Waals surface area contributed by atoms with E-state index >= 15 is 0 Å². The van der Waals surface area contributed by atoms with Crippen molar-refractivity contribution >= 4 is 11.8 Å². The van der Waals surface area contributed by atoms with E-state index in [0.29, 0.717) is 25.4 Å². The smallest absolute Gasteiger partial charge is 0.245 e. The summed E-state index contributed by atoms with van der Waals surface area (Å²) in [6, 6.07) is 0.0369. The Hall–Kier alpha value is -1.06. The maximum absolute atomic E-state index is 12.5. The van der Waals surface area contributed by atoms with Crippen molar-refractivity contribution in [3.05, 3.63) is 0 Å². The molecule has 108 valence electrons. The second kappa shape index (κ2) is 6.40. The molecule has 1 N–H and O–H groups in total. The Bertz CT molecular complexity index is 343. The van der Waals surface area contributed by atoms with E-state index in [1.54, 1.807) is 0 Å². The Morgan fingerprint density at radius 2 is 2.00 bits per heavy atom. The minimum absolute atomic E-state index is 0.0182. The van der Waals surface area contributed by atoms with Gasteiger partial charge in [-0.05, 0) is 31.6 Å². The van der Waals surface area contributed by atoms with Crippen LogP contribution in [0.4, 0.5) is 0 Å². The van der Waals surface area contributed by atoms with Gasteiger partial charge in [-0.15, -0.1) is 0 Å². The molecular formula is C15H26N2O2. The van der Waals surface area contributed by atoms with E-state index in [1.165, 1.54) is 19.3 Å². The van der Waals surface area contributed by atoms with E-state index in [9.17, 15) is 9.59 Å². The lowest BCUT2D eigenvalue weighted by Gasteiger charge is -2.31. The molecule has 2 aliphatic rings. The summed E-state index contributed by atoms with van der Waals surface area (Å²) in [5.74, 6) is 0.923. The van der Waals surface area contributed by atoms with E-state index in [0.717, 1.165) is 18.8 Å². The zero-order valence-corrected chi connectivity index (χ0v) is 12.2. The van der Waals surface area contributed by atoms with Crippen molar-refractivity contribution in [2.45, 2.75) is 70.9 Å². The first-order valence-electron chi connectivity index (χ1n) is 7.71. The number of amides is 2. The van der Waals surface area contributed by atoms with Gasteiger partial charge in [-0.25, -0.2) is 0 Å². The van der Waals surface area contributed by atoms with Crippen LogP contribution in [0.1, 0.15) is 58.8 Å². The summed E-state index contributed by atoms with van der Waals surface area (Å²) in [6.07, 6.45) is 7.00. The zero-order chi connectivity index (χ0) is 13.8. The molecule has 3 unspecified atom stereocenters. The molecule has 1 saturated heterocycles. The molecule has 1 saturated carbocycles. The fourth-order valence-corrected chi connectivity index (χ4v) is 3.28. The molecule has 0 spiro atoms. The Labute approximate surface area is 115 Å². The average molecular weight is 266 g/mol. The third-order valence-corrected chi connectivity index (χ3v) is 4.57. The van der Waals surface area contributed by atoms with Gasteiger partial charge >= 0.3 is 0 Å². The van der Waals surface area contributed by atoms with Gasteiger partial charge in [0.2, 0.25) is 11.8 Å². The SMILES string of the molecule is CCC1NC(=O)CCN(C2CCCC(C)CC2)C1=O. The highest BCUT2D eigenvalue weighted by Crippen LogP contribution is 2.27. The van der Waals surface area contributed by atoms with Crippen LogP contribution in [0.2, 0.25) is 0 Å². The summed E-state index contributed by atoms with van der Waals surface area (Å²) in [5, 5.41) is 2.84. The number of nitrogens with zero attached hydrogens (tertiary/aromatic N) is 1. The summed E-state index contributed by atoms with van der Waals surface area (Å²) in [7, 11) is 0. The van der Waals surface area contributed by atoms with Gasteiger partial charge in [-0.1, -0.05) is 26.7 Å². The second-order valence-corrected chi connectivity index (χ2v) is 6.08. The highest BCUT2D eigenvalue weighted by atomic mass is 16.2. The van der Waals surface area contributed by atoms with E-state index in [4.69, 9.17) is 0 Å². The Balaban J connectivity index is 2.08. The minimum atomic E-state index is -0.310. The average Bonchev–Trinajstić information content (AvgIpc) is 2.68. The van der Waals surface area contributed by atoms with Gasteiger partial charge in [-0.3, -0.25) is 9.59 Å². The van der Waals surface area contributed by atoms with Gasteiger partial charge < -0.3 is 10.2 Å². The van der Waals surface area contributed by atoms with Crippen LogP contribution in [0, 0.1) is 5.92 Å². The first-order valence-corrected chi connectivity index (χ1v) is 7.71. The van der Waals surface area contributed by atoms with E-state index in [2.05, 4.69) is 12.2 Å². The number of hydrogen-bond acceptors (Lipinski definition) is 2. The Kier molecular flexibility index (Phi) is 4.83. The molecule has 2 rings (SSSR count). The highest BCUT2D eigenvalue weighted by Gasteiger charge is 2.33. The predicted octanol–water partition coefficient (Wildman–Crippen LogP) is 2.08. The standard InChI is InChI=1S/C15H26N2O2/c1-3-13-15(19)17(10-9-14(18)16-13)12-6-4-5-11(2)7-8-12/h11-13H,3-10H2,1-2H3,(H,16,18). The van der Waals surface area contributed by atoms with Crippen LogP contribution in [-0.4, -0.2) is 35.3 Å². The fraction of sp³-hybridized carbons (Fsp3) is 0.867. The lowest BCUT2D eigenvalue weighted by Crippen LogP contribution is -2.48. The van der Waals surface area contributed by atoms with Gasteiger partial charge in [-0.2, -0.15) is 0 Å². The molecule has 0 aromatic carbocycles. The van der Waals surface area contributed by atoms with Gasteiger partial charge in [0.25, 0.3) is 0 Å². The minimum Gasteiger partial charge on any atom is -0.344 e. The maximum Gasteiger partial charge on any atom is 0.245 e. The summed E-state index contributed by atoms with van der Waals surface area (Å²) in [4.78, 5) is 26.2. The van der Waals surface area contributed by atoms with Crippen molar-refractivity contribution < 1.29 is 9.59 Å². The first kappa shape index (κ1) is 14.4. The third kappa shape index (κ3) is 3.48. The van der Waals surface area contributed by atoms with Crippen molar-refractivity contribution in [2.75, 3.05) is 6.54 Å². The Morgan fingerprint density at radius 3 is 2.74 bits per heavy atom. The molecular weight excluding hydrogens is 240 g/mol. The molecule has 1 aliphatic carbocycles. The number of carbonyl (C=O) groups excluding carboxylic acids is 2. The van der Waals surface area contributed by atoms with E-state index in [1.807, 2.05) is 11.8 Å². The first-order chi connectivity index (χ1) is 9.11. The van der Waals surface area contributed by atoms with E-state index < -0.39 is 0 Å². The molecule has 2 amide bonds. The Morgan fingerprint density at radius 1 is 1.21 bits per heavy atom. The normalized spacial score (nSPS) is 33.6. The second-order valence-electron chi connectivity index (χ2n) is 6.08. The number of hydrogen-bond donors (Lipinski definition) is 1. The molecule has 1 heterocycles. The van der Waals surface area contributed by atoms with Crippen LogP contribution in [-0.2, 0) is 9.59 Å². The maximum atomic E-state index is 12.5. The summed E-state index contributed by atoms with van der Waals surface area (Å²) in [6.45, 7) is 4.86. The van der Waals surface area contributed by atoms with Gasteiger partial charge in [0.15, 0.2) is 0 Å². The topological polar surface area (TPSA) is 49.4 Å². The van der Waals surface area contributed by atoms with Crippen molar-refractivity contribution in [2.24, 2.45) is 5.92 Å². The van der Waals surface area contributed by atoms with E-state index in [-0.39, 0.29) is 17.9 Å². The summed E-state index contributed by atoms with van der Waals surface area (Å²) in [5.41, 5.74) is 0. The number of carbonyl (C=O) groups is 2. The van der Waals surface area contributed by atoms with Crippen molar-refractivity contribution in [3.63, 3.8) is 0 Å². The van der Waals surface area contributed by atoms with Gasteiger partial charge in [0, 0.05) is 19.0 Å². The van der Waals surface area contributed by atoms with Crippen LogP contribution in [0.15, 0.2) is 0 Å². The molecule has 0 radical (unpaired) electrons. The largest absolute Gasteiger partial charge is 0.344 e. The number of nitrogens with one attached hydrogen (secondary N) is 1. The van der Waals surface area contributed by atoms with Crippen LogP contribution in [0.3, 0.4) is 0 Å². The molecule has 0 bridgehead atoms. The predicted molar refractivity (Wildman–Crippen MR) is 74.6 cm³/mol. The van der Waals surface area contributed by atoms with Gasteiger partial charge in [0.05, 0.1) is 0 Å². The zero-order valence-electron chi connectivity index (χ0n) is 12.2. The van der Waals surface area contributed by atoms with Crippen LogP contribution >= 0.6 is 0 Å². The molecule has 19 heavy (non-hydrogen) atoms. The number of rotatable bonds is 2. The van der Waals surface area contributed by atoms with Gasteiger partial charge in [0.1, 0.15) is 6.04 Å². The van der Waals surface area contributed by atoms with Crippen LogP contribution < -0.4 is 5.32 Å².